The Labute approximate surface area is 120 Å². The Morgan fingerprint density at radius 2 is 2.05 bits per heavy atom. The van der Waals surface area contributed by atoms with Gasteiger partial charge in [0.1, 0.15) is 5.69 Å². The molecule has 4 nitrogen and oxygen atoms in total. The third-order valence-corrected chi connectivity index (χ3v) is 3.33. The Morgan fingerprint density at radius 1 is 1.32 bits per heavy atom. The van der Waals surface area contributed by atoms with Gasteiger partial charge in [0.05, 0.1) is 15.7 Å². The number of carboxylic acids is 1. The van der Waals surface area contributed by atoms with Gasteiger partial charge in [-0.05, 0) is 30.7 Å². The van der Waals surface area contributed by atoms with E-state index in [0.29, 0.717) is 21.4 Å². The number of hydrogen-bond donors (Lipinski definition) is 2. The Hall–Kier alpha value is -1.78. The smallest absolute Gasteiger partial charge is 0.354 e. The number of nitrogens with zero attached hydrogens (tertiary/aromatic N) is 1. The van der Waals surface area contributed by atoms with Gasteiger partial charge < -0.3 is 10.4 Å². The van der Waals surface area contributed by atoms with Crippen LogP contribution in [0.3, 0.4) is 0 Å². The van der Waals surface area contributed by atoms with Crippen LogP contribution in [0.4, 0.5) is 11.4 Å². The summed E-state index contributed by atoms with van der Waals surface area (Å²) >= 11 is 12.2. The normalized spacial score (nSPS) is 10.3. The summed E-state index contributed by atoms with van der Waals surface area (Å²) in [6.45, 7) is 1.86. The van der Waals surface area contributed by atoms with E-state index in [9.17, 15) is 4.79 Å². The summed E-state index contributed by atoms with van der Waals surface area (Å²) in [5.74, 6) is -1.09. The molecule has 6 heteroatoms. The minimum Gasteiger partial charge on any atom is -0.477 e. The van der Waals surface area contributed by atoms with E-state index >= 15 is 0 Å². The summed E-state index contributed by atoms with van der Waals surface area (Å²) in [7, 11) is 0. The third-order valence-electron chi connectivity index (χ3n) is 2.53. The van der Waals surface area contributed by atoms with Crippen LogP contribution in [0.5, 0.6) is 0 Å². The molecule has 2 rings (SSSR count). The van der Waals surface area contributed by atoms with Gasteiger partial charge >= 0.3 is 5.97 Å². The number of pyridine rings is 1. The Kier molecular flexibility index (Phi) is 3.93. The number of aryl methyl sites for hydroxylation is 1. The van der Waals surface area contributed by atoms with E-state index in [2.05, 4.69) is 10.3 Å². The number of hydrogen-bond acceptors (Lipinski definition) is 3. The largest absolute Gasteiger partial charge is 0.477 e. The van der Waals surface area contributed by atoms with Crippen molar-refractivity contribution in [3.05, 3.63) is 51.8 Å². The number of nitrogens with one attached hydrogen (secondary N) is 1. The molecular weight excluding hydrogens is 287 g/mol. The molecule has 0 unspecified atom stereocenters. The van der Waals surface area contributed by atoms with Crippen molar-refractivity contribution in [2.75, 3.05) is 5.32 Å². The molecule has 0 aliphatic heterocycles. The van der Waals surface area contributed by atoms with E-state index in [1.54, 1.807) is 12.1 Å². The van der Waals surface area contributed by atoms with Crippen LogP contribution >= 0.6 is 23.2 Å². The highest BCUT2D eigenvalue weighted by Crippen LogP contribution is 2.35. The van der Waals surface area contributed by atoms with Crippen molar-refractivity contribution in [2.24, 2.45) is 0 Å². The number of anilines is 2. The second kappa shape index (κ2) is 5.47. The van der Waals surface area contributed by atoms with Crippen LogP contribution in [0.15, 0.2) is 30.5 Å². The predicted octanol–water partition coefficient (Wildman–Crippen LogP) is 4.14. The van der Waals surface area contributed by atoms with Crippen molar-refractivity contribution in [1.82, 2.24) is 4.98 Å². The van der Waals surface area contributed by atoms with E-state index < -0.39 is 5.97 Å². The molecule has 2 aromatic rings. The zero-order valence-electron chi connectivity index (χ0n) is 9.95. The second-order valence-corrected chi connectivity index (χ2v) is 4.70. The molecular formula is C13H10Cl2N2O2. The fraction of sp³-hybridized carbons (Fsp3) is 0.0769. The van der Waals surface area contributed by atoms with Gasteiger partial charge in [-0.3, -0.25) is 0 Å². The van der Waals surface area contributed by atoms with Crippen LogP contribution in [0, 0.1) is 6.92 Å². The average Bonchev–Trinajstić information content (AvgIpc) is 2.39. The molecule has 0 aliphatic rings. The first-order valence-corrected chi connectivity index (χ1v) is 6.15. The molecule has 1 heterocycles. The minimum absolute atomic E-state index is 0.0510. The lowest BCUT2D eigenvalue weighted by atomic mass is 10.2. The standard InChI is InChI=1S/C13H10Cl2N2O2/c1-7-2-3-9(14)12(11(7)15)17-8-4-5-16-10(6-8)13(18)19/h2-6H,1H3,(H,16,17)(H,18,19). The van der Waals surface area contributed by atoms with Crippen molar-refractivity contribution in [3.63, 3.8) is 0 Å². The van der Waals surface area contributed by atoms with Crippen molar-refractivity contribution >= 4 is 40.5 Å². The predicted molar refractivity (Wildman–Crippen MR) is 75.7 cm³/mol. The van der Waals surface area contributed by atoms with Gasteiger partial charge in [0, 0.05) is 11.9 Å². The fourth-order valence-corrected chi connectivity index (χ4v) is 2.01. The molecule has 2 N–H and O–H groups in total. The lowest BCUT2D eigenvalue weighted by Crippen LogP contribution is -2.01. The highest BCUT2D eigenvalue weighted by molar-refractivity contribution is 6.39. The van der Waals surface area contributed by atoms with Gasteiger partial charge in [0.25, 0.3) is 0 Å². The van der Waals surface area contributed by atoms with Crippen LogP contribution < -0.4 is 5.32 Å². The molecule has 1 aromatic heterocycles. The lowest BCUT2D eigenvalue weighted by molar-refractivity contribution is 0.0690. The van der Waals surface area contributed by atoms with Crippen molar-refractivity contribution in [3.8, 4) is 0 Å². The number of benzene rings is 1. The summed E-state index contributed by atoms with van der Waals surface area (Å²) in [4.78, 5) is 14.6. The highest BCUT2D eigenvalue weighted by Gasteiger charge is 2.10. The van der Waals surface area contributed by atoms with E-state index in [0.717, 1.165) is 5.56 Å². The first kappa shape index (κ1) is 13.6. The molecule has 0 amide bonds. The van der Waals surface area contributed by atoms with Gasteiger partial charge in [-0.15, -0.1) is 0 Å². The highest BCUT2D eigenvalue weighted by atomic mass is 35.5. The summed E-state index contributed by atoms with van der Waals surface area (Å²) < 4.78 is 0. The van der Waals surface area contributed by atoms with Crippen LogP contribution in [-0.4, -0.2) is 16.1 Å². The molecule has 0 fully saturated rings. The van der Waals surface area contributed by atoms with Gasteiger partial charge in [-0.25, -0.2) is 9.78 Å². The molecule has 0 bridgehead atoms. The van der Waals surface area contributed by atoms with Gasteiger partial charge in [-0.2, -0.15) is 0 Å². The van der Waals surface area contributed by atoms with E-state index in [1.807, 2.05) is 13.0 Å². The fourth-order valence-electron chi connectivity index (χ4n) is 1.54. The maximum Gasteiger partial charge on any atom is 0.354 e. The first-order valence-electron chi connectivity index (χ1n) is 5.40. The van der Waals surface area contributed by atoms with Crippen molar-refractivity contribution < 1.29 is 9.90 Å². The van der Waals surface area contributed by atoms with E-state index in [1.165, 1.54) is 12.3 Å². The molecule has 19 heavy (non-hydrogen) atoms. The van der Waals surface area contributed by atoms with Crippen molar-refractivity contribution in [2.45, 2.75) is 6.92 Å². The van der Waals surface area contributed by atoms with E-state index in [-0.39, 0.29) is 5.69 Å². The average molecular weight is 297 g/mol. The SMILES string of the molecule is Cc1ccc(Cl)c(Nc2ccnc(C(=O)O)c2)c1Cl. The van der Waals surface area contributed by atoms with Crippen LogP contribution in [-0.2, 0) is 0 Å². The molecule has 0 radical (unpaired) electrons. The van der Waals surface area contributed by atoms with Crippen LogP contribution in [0.25, 0.3) is 0 Å². The number of carbonyl (C=O) groups is 1. The number of aromatic carboxylic acids is 1. The topological polar surface area (TPSA) is 62.2 Å². The van der Waals surface area contributed by atoms with Gasteiger partial charge in [0.2, 0.25) is 0 Å². The van der Waals surface area contributed by atoms with Crippen molar-refractivity contribution in [1.29, 1.82) is 0 Å². The molecule has 0 aliphatic carbocycles. The summed E-state index contributed by atoms with van der Waals surface area (Å²) in [5, 5.41) is 12.9. The second-order valence-electron chi connectivity index (χ2n) is 3.91. The monoisotopic (exact) mass is 296 g/mol. The molecule has 0 saturated heterocycles. The molecule has 0 saturated carbocycles. The van der Waals surface area contributed by atoms with Crippen LogP contribution in [0.1, 0.15) is 16.1 Å². The van der Waals surface area contributed by atoms with E-state index in [4.69, 9.17) is 28.3 Å². The van der Waals surface area contributed by atoms with Crippen LogP contribution in [0.2, 0.25) is 10.0 Å². The maximum atomic E-state index is 10.9. The summed E-state index contributed by atoms with van der Waals surface area (Å²) in [6.07, 6.45) is 1.41. The summed E-state index contributed by atoms with van der Waals surface area (Å²) in [5.41, 5.74) is 1.93. The zero-order chi connectivity index (χ0) is 14.0. The molecule has 98 valence electrons. The molecule has 0 atom stereocenters. The number of aromatic nitrogens is 1. The Bertz CT molecular complexity index is 645. The third kappa shape index (κ3) is 2.97. The first-order chi connectivity index (χ1) is 8.99. The quantitative estimate of drug-likeness (QED) is 0.893. The molecule has 1 aromatic carbocycles. The Morgan fingerprint density at radius 3 is 2.74 bits per heavy atom. The lowest BCUT2D eigenvalue weighted by Gasteiger charge is -2.12. The Balaban J connectivity index is 2.39. The molecule has 0 spiro atoms. The maximum absolute atomic E-state index is 10.9. The minimum atomic E-state index is -1.09. The number of rotatable bonds is 3. The number of carboxylic acid groups (broad SMARTS) is 1. The zero-order valence-corrected chi connectivity index (χ0v) is 11.5. The van der Waals surface area contributed by atoms with Gasteiger partial charge in [-0.1, -0.05) is 29.3 Å². The number of halogens is 2. The van der Waals surface area contributed by atoms with Gasteiger partial charge in [0.15, 0.2) is 0 Å². The summed E-state index contributed by atoms with van der Waals surface area (Å²) in [6, 6.07) is 6.59.